The van der Waals surface area contributed by atoms with Crippen molar-refractivity contribution in [2.75, 3.05) is 40.3 Å². The van der Waals surface area contributed by atoms with Gasteiger partial charge in [0.15, 0.2) is 0 Å². The van der Waals surface area contributed by atoms with Crippen molar-refractivity contribution in [3.63, 3.8) is 0 Å². The van der Waals surface area contributed by atoms with Crippen molar-refractivity contribution in [1.82, 2.24) is 15.1 Å². The van der Waals surface area contributed by atoms with Crippen LogP contribution in [0.4, 0.5) is 0 Å². The third kappa shape index (κ3) is 5.18. The molecule has 1 aliphatic carbocycles. The minimum Gasteiger partial charge on any atom is -0.396 e. The predicted octanol–water partition coefficient (Wildman–Crippen LogP) is 3.15. The molecule has 2 fully saturated rings. The van der Waals surface area contributed by atoms with Gasteiger partial charge in [-0.3, -0.25) is 14.5 Å². The number of rotatable bonds is 9. The Morgan fingerprint density at radius 3 is 2.41 bits per heavy atom. The number of aliphatic hydroxyl groups excluding tert-OH is 1. The molecule has 1 heterocycles. The van der Waals surface area contributed by atoms with Gasteiger partial charge in [0.25, 0.3) is 0 Å². The number of carbonyl (C=O) groups is 2. The highest BCUT2D eigenvalue weighted by Gasteiger charge is 2.50. The summed E-state index contributed by atoms with van der Waals surface area (Å²) in [5, 5.41) is 11.8. The Morgan fingerprint density at radius 1 is 1.16 bits per heavy atom. The Morgan fingerprint density at radius 2 is 1.81 bits per heavy atom. The molecule has 2 amide bonds. The molecule has 0 radical (unpaired) electrons. The van der Waals surface area contributed by atoms with E-state index in [9.17, 15) is 9.59 Å². The van der Waals surface area contributed by atoms with E-state index in [1.54, 1.807) is 0 Å². The van der Waals surface area contributed by atoms with Gasteiger partial charge in [0, 0.05) is 43.6 Å². The summed E-state index contributed by atoms with van der Waals surface area (Å²) in [5.74, 6) is 0.224. The molecule has 32 heavy (non-hydrogen) atoms. The van der Waals surface area contributed by atoms with E-state index in [0.717, 1.165) is 32.2 Å². The molecular formula is C26H41N3O3. The number of amides is 2. The molecule has 6 nitrogen and oxygen atoms in total. The van der Waals surface area contributed by atoms with E-state index in [2.05, 4.69) is 54.6 Å². The molecule has 1 aromatic carbocycles. The average molecular weight is 444 g/mol. The molecule has 1 saturated carbocycles. The largest absolute Gasteiger partial charge is 0.396 e. The number of likely N-dealkylation sites (tertiary alicyclic amines) is 1. The molecule has 0 atom stereocenters. The minimum atomic E-state index is -0.536. The second-order valence-corrected chi connectivity index (χ2v) is 10.8. The summed E-state index contributed by atoms with van der Waals surface area (Å²) >= 11 is 0. The van der Waals surface area contributed by atoms with Crippen molar-refractivity contribution in [2.24, 2.45) is 10.8 Å². The minimum absolute atomic E-state index is 0.0106. The van der Waals surface area contributed by atoms with E-state index < -0.39 is 5.41 Å². The van der Waals surface area contributed by atoms with Crippen molar-refractivity contribution >= 4 is 11.8 Å². The topological polar surface area (TPSA) is 72.9 Å². The Labute approximate surface area is 193 Å². The molecule has 178 valence electrons. The summed E-state index contributed by atoms with van der Waals surface area (Å²) in [6.07, 6.45) is 6.06. The maximum Gasteiger partial charge on any atom is 0.225 e. The summed E-state index contributed by atoms with van der Waals surface area (Å²) in [5.41, 5.74) is 0.942. The van der Waals surface area contributed by atoms with Crippen molar-refractivity contribution in [3.8, 4) is 0 Å². The molecule has 1 saturated heterocycles. The molecule has 2 N–H and O–H groups in total. The molecule has 0 aromatic heterocycles. The van der Waals surface area contributed by atoms with Gasteiger partial charge in [-0.1, -0.05) is 44.2 Å². The van der Waals surface area contributed by atoms with Gasteiger partial charge in [0.1, 0.15) is 0 Å². The highest BCUT2D eigenvalue weighted by molar-refractivity contribution is 5.82. The highest BCUT2D eigenvalue weighted by atomic mass is 16.3. The van der Waals surface area contributed by atoms with Crippen LogP contribution in [0.3, 0.4) is 0 Å². The summed E-state index contributed by atoms with van der Waals surface area (Å²) in [6, 6.07) is 10.8. The van der Waals surface area contributed by atoms with Crippen LogP contribution in [0.5, 0.6) is 0 Å². The summed E-state index contributed by atoms with van der Waals surface area (Å²) < 4.78 is 0. The first-order chi connectivity index (χ1) is 15.1. The number of nitrogens with one attached hydrogen (secondary N) is 1. The molecular weight excluding hydrogens is 402 g/mol. The Hall–Kier alpha value is -1.92. The molecule has 2 aliphatic rings. The van der Waals surface area contributed by atoms with Gasteiger partial charge >= 0.3 is 0 Å². The lowest BCUT2D eigenvalue weighted by atomic mass is 9.64. The van der Waals surface area contributed by atoms with E-state index in [1.165, 1.54) is 5.56 Å². The van der Waals surface area contributed by atoms with Crippen LogP contribution in [-0.4, -0.2) is 67.1 Å². The fourth-order valence-electron chi connectivity index (χ4n) is 5.50. The van der Waals surface area contributed by atoms with E-state index in [1.807, 2.05) is 18.7 Å². The van der Waals surface area contributed by atoms with Gasteiger partial charge in [0.05, 0.1) is 0 Å². The van der Waals surface area contributed by atoms with Gasteiger partial charge in [0.2, 0.25) is 11.8 Å². The maximum atomic E-state index is 12.9. The number of benzene rings is 1. The molecule has 1 aliphatic heterocycles. The van der Waals surface area contributed by atoms with Crippen LogP contribution in [-0.2, 0) is 15.1 Å². The van der Waals surface area contributed by atoms with Gasteiger partial charge in [-0.15, -0.1) is 0 Å². The molecule has 3 rings (SSSR count). The van der Waals surface area contributed by atoms with Gasteiger partial charge in [-0.05, 0) is 63.6 Å². The average Bonchev–Trinajstić information content (AvgIpc) is 3.08. The van der Waals surface area contributed by atoms with Gasteiger partial charge in [-0.25, -0.2) is 0 Å². The molecule has 1 aromatic rings. The second-order valence-electron chi connectivity index (χ2n) is 10.8. The van der Waals surface area contributed by atoms with Crippen LogP contribution in [0, 0.1) is 10.8 Å². The van der Waals surface area contributed by atoms with Crippen molar-refractivity contribution < 1.29 is 14.7 Å². The van der Waals surface area contributed by atoms with Crippen LogP contribution < -0.4 is 5.32 Å². The van der Waals surface area contributed by atoms with E-state index in [0.29, 0.717) is 32.4 Å². The molecule has 0 bridgehead atoms. The molecule has 1 spiro atoms. The third-order valence-electron chi connectivity index (χ3n) is 7.95. The SMILES string of the molecule is CN(C)C1(c2ccccc2)CCC2(CC1)CC(=O)N(CCC(C)(C)C(=O)NCCCO)C2. The fourth-order valence-corrected chi connectivity index (χ4v) is 5.50. The van der Waals surface area contributed by atoms with E-state index >= 15 is 0 Å². The number of hydrogen-bond donors (Lipinski definition) is 2. The Kier molecular flexibility index (Phi) is 7.66. The molecule has 6 heteroatoms. The standard InChI is InChI=1S/C26H41N3O3/c1-24(2,23(32)27-16-8-18-30)15-17-29-20-25(19-22(29)31)11-13-26(14-12-25,28(3)4)21-9-6-5-7-10-21/h5-7,9-10,30H,8,11-20H2,1-4H3,(H,27,32). The lowest BCUT2D eigenvalue weighted by molar-refractivity contribution is -0.132. The van der Waals surface area contributed by atoms with Crippen LogP contribution in [0.15, 0.2) is 30.3 Å². The number of carbonyl (C=O) groups excluding carboxylic acids is 2. The zero-order valence-corrected chi connectivity index (χ0v) is 20.3. The van der Waals surface area contributed by atoms with Gasteiger partial charge in [-0.2, -0.15) is 0 Å². The van der Waals surface area contributed by atoms with E-state index in [-0.39, 0.29) is 29.4 Å². The number of aliphatic hydroxyl groups is 1. The Balaban J connectivity index is 1.59. The first kappa shape index (κ1) is 24.7. The lowest BCUT2D eigenvalue weighted by Crippen LogP contribution is -2.47. The van der Waals surface area contributed by atoms with Crippen LogP contribution >= 0.6 is 0 Å². The van der Waals surface area contributed by atoms with Gasteiger partial charge < -0.3 is 15.3 Å². The predicted molar refractivity (Wildman–Crippen MR) is 127 cm³/mol. The smallest absolute Gasteiger partial charge is 0.225 e. The fraction of sp³-hybridized carbons (Fsp3) is 0.692. The van der Waals surface area contributed by atoms with Crippen molar-refractivity contribution in [2.45, 2.75) is 64.3 Å². The van der Waals surface area contributed by atoms with Crippen LogP contribution in [0.1, 0.15) is 64.4 Å². The maximum absolute atomic E-state index is 12.9. The van der Waals surface area contributed by atoms with Crippen molar-refractivity contribution in [3.05, 3.63) is 35.9 Å². The first-order valence-electron chi connectivity index (χ1n) is 12.0. The highest BCUT2D eigenvalue weighted by Crippen LogP contribution is 2.52. The zero-order valence-electron chi connectivity index (χ0n) is 20.3. The van der Waals surface area contributed by atoms with Crippen molar-refractivity contribution in [1.29, 1.82) is 0 Å². The molecule has 0 unspecified atom stereocenters. The quantitative estimate of drug-likeness (QED) is 0.575. The first-order valence-corrected chi connectivity index (χ1v) is 12.0. The number of hydrogen-bond acceptors (Lipinski definition) is 4. The Bertz CT molecular complexity index is 783. The number of nitrogens with zero attached hydrogens (tertiary/aromatic N) is 2. The monoisotopic (exact) mass is 443 g/mol. The van der Waals surface area contributed by atoms with Crippen LogP contribution in [0.25, 0.3) is 0 Å². The summed E-state index contributed by atoms with van der Waals surface area (Å²) in [6.45, 7) is 5.86. The third-order valence-corrected chi connectivity index (χ3v) is 7.95. The van der Waals surface area contributed by atoms with Crippen LogP contribution in [0.2, 0.25) is 0 Å². The van der Waals surface area contributed by atoms with E-state index in [4.69, 9.17) is 5.11 Å². The lowest BCUT2D eigenvalue weighted by Gasteiger charge is -2.49. The zero-order chi connectivity index (χ0) is 23.4. The summed E-state index contributed by atoms with van der Waals surface area (Å²) in [7, 11) is 4.34. The normalized spacial score (nSPS) is 26.2. The summed E-state index contributed by atoms with van der Waals surface area (Å²) in [4.78, 5) is 29.7. The second kappa shape index (κ2) is 9.92.